The molecule has 1 unspecified atom stereocenters. The Labute approximate surface area is 111 Å². The van der Waals surface area contributed by atoms with Crippen molar-refractivity contribution in [3.05, 3.63) is 0 Å². The molecule has 2 N–H and O–H groups in total. The lowest BCUT2D eigenvalue weighted by molar-refractivity contribution is -0.124. The second-order valence-corrected chi connectivity index (χ2v) is 3.65. The summed E-state index contributed by atoms with van der Waals surface area (Å²) >= 11 is 0. The van der Waals surface area contributed by atoms with Crippen LogP contribution in [-0.2, 0) is 4.79 Å². The molecule has 0 aromatic rings. The molecule has 16 heavy (non-hydrogen) atoms. The van der Waals surface area contributed by atoms with Crippen LogP contribution < -0.4 is 10.6 Å². The standard InChI is InChI=1S/C10H23N3O.2ClH/c1-5-13(4)7-6-12-10(14)9(2)8-11-3;;/h9,11H,5-8H2,1-4H3,(H,12,14);2*1H. The molecule has 100 valence electrons. The van der Waals surface area contributed by atoms with E-state index in [1.54, 1.807) is 0 Å². The fourth-order valence-electron chi connectivity index (χ4n) is 1.10. The van der Waals surface area contributed by atoms with E-state index in [1.165, 1.54) is 0 Å². The zero-order valence-corrected chi connectivity index (χ0v) is 12.2. The van der Waals surface area contributed by atoms with E-state index in [4.69, 9.17) is 0 Å². The average molecular weight is 274 g/mol. The van der Waals surface area contributed by atoms with Gasteiger partial charge in [-0.3, -0.25) is 4.79 Å². The smallest absolute Gasteiger partial charge is 0.224 e. The zero-order chi connectivity index (χ0) is 11.0. The van der Waals surface area contributed by atoms with Crippen molar-refractivity contribution in [1.82, 2.24) is 15.5 Å². The molecule has 0 fully saturated rings. The summed E-state index contributed by atoms with van der Waals surface area (Å²) in [4.78, 5) is 13.6. The molecule has 0 aliphatic carbocycles. The molecule has 0 heterocycles. The molecule has 0 radical (unpaired) electrons. The number of hydrogen-bond donors (Lipinski definition) is 2. The van der Waals surface area contributed by atoms with Crippen molar-refractivity contribution < 1.29 is 4.79 Å². The number of hydrogen-bond acceptors (Lipinski definition) is 3. The highest BCUT2D eigenvalue weighted by molar-refractivity contribution is 5.85. The minimum Gasteiger partial charge on any atom is -0.355 e. The van der Waals surface area contributed by atoms with Crippen LogP contribution in [0.25, 0.3) is 0 Å². The molecule has 0 aromatic heterocycles. The Kier molecular flexibility index (Phi) is 17.3. The van der Waals surface area contributed by atoms with E-state index in [-0.39, 0.29) is 36.6 Å². The molecule has 0 aliphatic heterocycles. The Hall–Kier alpha value is -0.0300. The summed E-state index contributed by atoms with van der Waals surface area (Å²) in [6.45, 7) is 7.42. The van der Waals surface area contributed by atoms with Crippen LogP contribution in [0.2, 0.25) is 0 Å². The summed E-state index contributed by atoms with van der Waals surface area (Å²) in [7, 11) is 3.90. The molecule has 0 rings (SSSR count). The number of carbonyl (C=O) groups excluding carboxylic acids is 1. The van der Waals surface area contributed by atoms with Crippen molar-refractivity contribution in [1.29, 1.82) is 0 Å². The fourth-order valence-corrected chi connectivity index (χ4v) is 1.10. The topological polar surface area (TPSA) is 44.4 Å². The van der Waals surface area contributed by atoms with Crippen molar-refractivity contribution in [3.63, 3.8) is 0 Å². The fraction of sp³-hybridized carbons (Fsp3) is 0.900. The number of nitrogens with zero attached hydrogens (tertiary/aromatic N) is 1. The highest BCUT2D eigenvalue weighted by atomic mass is 35.5. The van der Waals surface area contributed by atoms with E-state index in [9.17, 15) is 4.79 Å². The largest absolute Gasteiger partial charge is 0.355 e. The Bertz CT molecular complexity index is 170. The van der Waals surface area contributed by atoms with E-state index in [1.807, 2.05) is 21.0 Å². The van der Waals surface area contributed by atoms with Crippen LogP contribution >= 0.6 is 24.8 Å². The third-order valence-electron chi connectivity index (χ3n) is 2.29. The highest BCUT2D eigenvalue weighted by Gasteiger charge is 2.10. The van der Waals surface area contributed by atoms with E-state index >= 15 is 0 Å². The molecule has 4 nitrogen and oxygen atoms in total. The summed E-state index contributed by atoms with van der Waals surface area (Å²) in [5.74, 6) is 0.177. The Balaban J connectivity index is -0.000000845. The second-order valence-electron chi connectivity index (χ2n) is 3.65. The Morgan fingerprint density at radius 3 is 2.38 bits per heavy atom. The Morgan fingerprint density at radius 1 is 1.38 bits per heavy atom. The summed E-state index contributed by atoms with van der Waals surface area (Å²) < 4.78 is 0. The van der Waals surface area contributed by atoms with Crippen LogP contribution in [0.4, 0.5) is 0 Å². The number of nitrogens with one attached hydrogen (secondary N) is 2. The molecule has 6 heteroatoms. The predicted molar refractivity (Wildman–Crippen MR) is 73.8 cm³/mol. The molecular weight excluding hydrogens is 249 g/mol. The first-order valence-electron chi connectivity index (χ1n) is 5.22. The monoisotopic (exact) mass is 273 g/mol. The van der Waals surface area contributed by atoms with Gasteiger partial charge < -0.3 is 15.5 Å². The van der Waals surface area contributed by atoms with E-state index < -0.39 is 0 Å². The SMILES string of the molecule is CCN(C)CCNC(=O)C(C)CNC.Cl.Cl. The molecule has 0 saturated heterocycles. The molecular formula is C10H25Cl2N3O. The van der Waals surface area contributed by atoms with E-state index in [2.05, 4.69) is 22.5 Å². The van der Waals surface area contributed by atoms with Crippen LogP contribution in [-0.4, -0.2) is 51.1 Å². The lowest BCUT2D eigenvalue weighted by Gasteiger charge is -2.16. The number of rotatable bonds is 7. The first kappa shape index (κ1) is 21.3. The number of amides is 1. The van der Waals surface area contributed by atoms with Gasteiger partial charge in [0.15, 0.2) is 0 Å². The van der Waals surface area contributed by atoms with E-state index in [0.29, 0.717) is 0 Å². The lowest BCUT2D eigenvalue weighted by atomic mass is 10.1. The third kappa shape index (κ3) is 10.5. The molecule has 0 aromatic carbocycles. The maximum atomic E-state index is 11.4. The van der Waals surface area contributed by atoms with Gasteiger partial charge in [0.2, 0.25) is 5.91 Å². The average Bonchev–Trinajstić information content (AvgIpc) is 2.17. The molecule has 1 atom stereocenters. The number of halogens is 2. The minimum absolute atomic E-state index is 0. The summed E-state index contributed by atoms with van der Waals surface area (Å²) in [6, 6.07) is 0. The summed E-state index contributed by atoms with van der Waals surface area (Å²) in [6.07, 6.45) is 0. The van der Waals surface area contributed by atoms with Crippen molar-refractivity contribution in [2.75, 3.05) is 40.3 Å². The van der Waals surface area contributed by atoms with Crippen molar-refractivity contribution in [3.8, 4) is 0 Å². The molecule has 0 bridgehead atoms. The summed E-state index contributed by atoms with van der Waals surface area (Å²) in [5, 5.41) is 5.90. The van der Waals surface area contributed by atoms with Gasteiger partial charge in [-0.1, -0.05) is 13.8 Å². The first-order chi connectivity index (χ1) is 6.61. The summed E-state index contributed by atoms with van der Waals surface area (Å²) in [5.41, 5.74) is 0. The van der Waals surface area contributed by atoms with Gasteiger partial charge in [-0.25, -0.2) is 0 Å². The molecule has 0 spiro atoms. The molecule has 0 aliphatic rings. The van der Waals surface area contributed by atoms with Gasteiger partial charge in [0.1, 0.15) is 0 Å². The third-order valence-corrected chi connectivity index (χ3v) is 2.29. The van der Waals surface area contributed by atoms with Crippen molar-refractivity contribution in [2.24, 2.45) is 5.92 Å². The normalized spacial score (nSPS) is 11.3. The zero-order valence-electron chi connectivity index (χ0n) is 10.6. The van der Waals surface area contributed by atoms with Crippen molar-refractivity contribution in [2.45, 2.75) is 13.8 Å². The van der Waals surface area contributed by atoms with Crippen LogP contribution in [0, 0.1) is 5.92 Å². The van der Waals surface area contributed by atoms with E-state index in [0.717, 1.165) is 26.2 Å². The molecule has 0 saturated carbocycles. The second kappa shape index (κ2) is 13.0. The van der Waals surface area contributed by atoms with Gasteiger partial charge >= 0.3 is 0 Å². The Morgan fingerprint density at radius 2 is 1.94 bits per heavy atom. The first-order valence-corrected chi connectivity index (χ1v) is 5.22. The minimum atomic E-state index is 0. The van der Waals surface area contributed by atoms with Crippen LogP contribution in [0.5, 0.6) is 0 Å². The maximum absolute atomic E-state index is 11.4. The van der Waals surface area contributed by atoms with Gasteiger partial charge in [-0.15, -0.1) is 24.8 Å². The van der Waals surface area contributed by atoms with Gasteiger partial charge in [-0.2, -0.15) is 0 Å². The predicted octanol–water partition coefficient (Wildman–Crippen LogP) is 0.753. The van der Waals surface area contributed by atoms with Crippen molar-refractivity contribution >= 4 is 30.7 Å². The maximum Gasteiger partial charge on any atom is 0.224 e. The quantitative estimate of drug-likeness (QED) is 0.720. The molecule has 1 amide bonds. The van der Waals surface area contributed by atoms with Gasteiger partial charge in [-0.05, 0) is 20.6 Å². The van der Waals surface area contributed by atoms with Crippen LogP contribution in [0.15, 0.2) is 0 Å². The number of carbonyl (C=O) groups is 1. The van der Waals surface area contributed by atoms with Gasteiger partial charge in [0.05, 0.1) is 0 Å². The van der Waals surface area contributed by atoms with Crippen LogP contribution in [0.3, 0.4) is 0 Å². The number of likely N-dealkylation sites (N-methyl/N-ethyl adjacent to an activating group) is 1. The van der Waals surface area contributed by atoms with Crippen LogP contribution in [0.1, 0.15) is 13.8 Å². The highest BCUT2D eigenvalue weighted by Crippen LogP contribution is 1.91. The van der Waals surface area contributed by atoms with Gasteiger partial charge in [0, 0.05) is 25.6 Å². The lowest BCUT2D eigenvalue weighted by Crippen LogP contribution is -2.38. The van der Waals surface area contributed by atoms with Gasteiger partial charge in [0.25, 0.3) is 0 Å².